The SMILES string of the molecule is COc1ccccc1C(CN)N(C)CC(C)(C)C. The molecular formula is C15H26N2O. The normalized spacial score (nSPS) is 13.7. The summed E-state index contributed by atoms with van der Waals surface area (Å²) >= 11 is 0. The highest BCUT2D eigenvalue weighted by Gasteiger charge is 2.23. The summed E-state index contributed by atoms with van der Waals surface area (Å²) in [7, 11) is 3.82. The average Bonchev–Trinajstić information content (AvgIpc) is 2.28. The molecule has 1 atom stereocenters. The van der Waals surface area contributed by atoms with Crippen molar-refractivity contribution in [1.29, 1.82) is 0 Å². The Morgan fingerprint density at radius 1 is 1.28 bits per heavy atom. The number of para-hydroxylation sites is 1. The van der Waals surface area contributed by atoms with Crippen LogP contribution in [0.2, 0.25) is 0 Å². The van der Waals surface area contributed by atoms with Gasteiger partial charge in [0.1, 0.15) is 5.75 Å². The first-order chi connectivity index (χ1) is 8.39. The molecule has 2 N–H and O–H groups in total. The van der Waals surface area contributed by atoms with Crippen molar-refractivity contribution < 1.29 is 4.74 Å². The molecule has 0 aliphatic carbocycles. The van der Waals surface area contributed by atoms with Crippen LogP contribution >= 0.6 is 0 Å². The van der Waals surface area contributed by atoms with Gasteiger partial charge >= 0.3 is 0 Å². The van der Waals surface area contributed by atoms with E-state index in [9.17, 15) is 0 Å². The number of rotatable bonds is 5. The van der Waals surface area contributed by atoms with Crippen molar-refractivity contribution in [3.63, 3.8) is 0 Å². The van der Waals surface area contributed by atoms with Crippen molar-refractivity contribution in [2.24, 2.45) is 11.1 Å². The van der Waals surface area contributed by atoms with Gasteiger partial charge in [-0.1, -0.05) is 39.0 Å². The van der Waals surface area contributed by atoms with Crippen LogP contribution in [-0.4, -0.2) is 32.1 Å². The van der Waals surface area contributed by atoms with E-state index in [1.807, 2.05) is 18.2 Å². The van der Waals surface area contributed by atoms with Gasteiger partial charge in [0.05, 0.1) is 13.2 Å². The lowest BCUT2D eigenvalue weighted by atomic mass is 9.94. The molecule has 1 aromatic carbocycles. The van der Waals surface area contributed by atoms with Crippen molar-refractivity contribution in [3.05, 3.63) is 29.8 Å². The Labute approximate surface area is 111 Å². The molecular weight excluding hydrogens is 224 g/mol. The van der Waals surface area contributed by atoms with Crippen molar-refractivity contribution in [3.8, 4) is 5.75 Å². The number of likely N-dealkylation sites (N-methyl/N-ethyl adjacent to an activating group) is 1. The largest absolute Gasteiger partial charge is 0.496 e. The highest BCUT2D eigenvalue weighted by molar-refractivity contribution is 5.36. The van der Waals surface area contributed by atoms with E-state index in [0.717, 1.165) is 17.9 Å². The quantitative estimate of drug-likeness (QED) is 0.873. The second-order valence-corrected chi connectivity index (χ2v) is 5.97. The molecule has 3 nitrogen and oxygen atoms in total. The summed E-state index contributed by atoms with van der Waals surface area (Å²) in [6.45, 7) is 8.29. The molecule has 0 heterocycles. The summed E-state index contributed by atoms with van der Waals surface area (Å²) in [6.07, 6.45) is 0. The van der Waals surface area contributed by atoms with E-state index in [2.05, 4.69) is 38.8 Å². The first-order valence-corrected chi connectivity index (χ1v) is 6.42. The van der Waals surface area contributed by atoms with Gasteiger partial charge in [0.2, 0.25) is 0 Å². The smallest absolute Gasteiger partial charge is 0.123 e. The van der Waals surface area contributed by atoms with Crippen LogP contribution in [0.3, 0.4) is 0 Å². The zero-order chi connectivity index (χ0) is 13.8. The molecule has 0 radical (unpaired) electrons. The minimum absolute atomic E-state index is 0.195. The lowest BCUT2D eigenvalue weighted by Gasteiger charge is -2.33. The maximum absolute atomic E-state index is 5.95. The molecule has 0 bridgehead atoms. The Balaban J connectivity index is 2.95. The first-order valence-electron chi connectivity index (χ1n) is 6.42. The highest BCUT2D eigenvalue weighted by Crippen LogP contribution is 2.29. The molecule has 0 saturated carbocycles. The molecule has 0 aliphatic heterocycles. The fourth-order valence-electron chi connectivity index (χ4n) is 2.34. The second kappa shape index (κ2) is 6.21. The van der Waals surface area contributed by atoms with Gasteiger partial charge in [-0.05, 0) is 18.5 Å². The molecule has 18 heavy (non-hydrogen) atoms. The number of hydrogen-bond donors (Lipinski definition) is 1. The number of hydrogen-bond acceptors (Lipinski definition) is 3. The number of nitrogens with zero attached hydrogens (tertiary/aromatic N) is 1. The molecule has 1 aromatic rings. The van der Waals surface area contributed by atoms with Crippen LogP contribution in [0.4, 0.5) is 0 Å². The predicted molar refractivity (Wildman–Crippen MR) is 76.9 cm³/mol. The number of ether oxygens (including phenoxy) is 1. The molecule has 0 aromatic heterocycles. The van der Waals surface area contributed by atoms with Crippen molar-refractivity contribution in [2.45, 2.75) is 26.8 Å². The number of nitrogens with two attached hydrogens (primary N) is 1. The molecule has 0 amide bonds. The highest BCUT2D eigenvalue weighted by atomic mass is 16.5. The fraction of sp³-hybridized carbons (Fsp3) is 0.600. The molecule has 0 aliphatic rings. The van der Waals surface area contributed by atoms with Gasteiger partial charge in [0.15, 0.2) is 0 Å². The molecule has 102 valence electrons. The molecule has 1 rings (SSSR count). The molecule has 3 heteroatoms. The van der Waals surface area contributed by atoms with Crippen molar-refractivity contribution in [1.82, 2.24) is 4.90 Å². The van der Waals surface area contributed by atoms with E-state index in [-0.39, 0.29) is 11.5 Å². The van der Waals surface area contributed by atoms with Crippen molar-refractivity contribution >= 4 is 0 Å². The lowest BCUT2D eigenvalue weighted by Crippen LogP contribution is -2.36. The Hall–Kier alpha value is -1.06. The van der Waals surface area contributed by atoms with E-state index >= 15 is 0 Å². The van der Waals surface area contributed by atoms with Gasteiger partial charge in [-0.15, -0.1) is 0 Å². The van der Waals surface area contributed by atoms with Crippen LogP contribution in [0, 0.1) is 5.41 Å². The Kier molecular flexibility index (Phi) is 5.17. The zero-order valence-electron chi connectivity index (χ0n) is 12.2. The standard InChI is InChI=1S/C15H26N2O/c1-15(2,3)11-17(4)13(10-16)12-8-6-7-9-14(12)18-5/h6-9,13H,10-11,16H2,1-5H3. The summed E-state index contributed by atoms with van der Waals surface area (Å²) in [6, 6.07) is 8.30. The Morgan fingerprint density at radius 3 is 2.39 bits per heavy atom. The third kappa shape index (κ3) is 4.00. The Bertz CT molecular complexity index is 371. The maximum atomic E-state index is 5.95. The summed E-state index contributed by atoms with van der Waals surface area (Å²) in [5.41, 5.74) is 7.37. The van der Waals surface area contributed by atoms with E-state index in [0.29, 0.717) is 6.54 Å². The van der Waals surface area contributed by atoms with Gasteiger partial charge < -0.3 is 10.5 Å². The van der Waals surface area contributed by atoms with Crippen molar-refractivity contribution in [2.75, 3.05) is 27.2 Å². The van der Waals surface area contributed by atoms with Gasteiger partial charge in [-0.3, -0.25) is 4.90 Å². The maximum Gasteiger partial charge on any atom is 0.123 e. The molecule has 1 unspecified atom stereocenters. The van der Waals surface area contributed by atoms with E-state index < -0.39 is 0 Å². The molecule has 0 fully saturated rings. The predicted octanol–water partition coefficient (Wildman–Crippen LogP) is 2.67. The summed E-state index contributed by atoms with van der Waals surface area (Å²) in [5.74, 6) is 0.911. The monoisotopic (exact) mass is 250 g/mol. The van der Waals surface area contributed by atoms with Gasteiger partial charge in [-0.25, -0.2) is 0 Å². The second-order valence-electron chi connectivity index (χ2n) is 5.97. The number of methoxy groups -OCH3 is 1. The van der Waals surface area contributed by atoms with Gasteiger partial charge in [0.25, 0.3) is 0 Å². The topological polar surface area (TPSA) is 38.5 Å². The first kappa shape index (κ1) is 15.0. The average molecular weight is 250 g/mol. The van der Waals surface area contributed by atoms with Crippen LogP contribution in [0.25, 0.3) is 0 Å². The van der Waals surface area contributed by atoms with E-state index in [1.165, 1.54) is 0 Å². The fourth-order valence-corrected chi connectivity index (χ4v) is 2.34. The zero-order valence-corrected chi connectivity index (χ0v) is 12.2. The lowest BCUT2D eigenvalue weighted by molar-refractivity contribution is 0.173. The van der Waals surface area contributed by atoms with Crippen LogP contribution in [0.15, 0.2) is 24.3 Å². The van der Waals surface area contributed by atoms with Gasteiger partial charge in [0, 0.05) is 18.7 Å². The minimum Gasteiger partial charge on any atom is -0.496 e. The number of benzene rings is 1. The van der Waals surface area contributed by atoms with Gasteiger partial charge in [-0.2, -0.15) is 0 Å². The summed E-state index contributed by atoms with van der Waals surface area (Å²) in [4.78, 5) is 2.30. The minimum atomic E-state index is 0.195. The third-order valence-corrected chi connectivity index (χ3v) is 2.98. The summed E-state index contributed by atoms with van der Waals surface area (Å²) < 4.78 is 5.43. The van der Waals surface area contributed by atoms with Crippen LogP contribution in [-0.2, 0) is 0 Å². The van der Waals surface area contributed by atoms with Crippen LogP contribution < -0.4 is 10.5 Å². The molecule has 0 spiro atoms. The van der Waals surface area contributed by atoms with E-state index in [1.54, 1.807) is 7.11 Å². The van der Waals surface area contributed by atoms with Crippen LogP contribution in [0.1, 0.15) is 32.4 Å². The van der Waals surface area contributed by atoms with E-state index in [4.69, 9.17) is 10.5 Å². The summed E-state index contributed by atoms with van der Waals surface area (Å²) in [5, 5.41) is 0. The van der Waals surface area contributed by atoms with Crippen LogP contribution in [0.5, 0.6) is 5.75 Å². The Morgan fingerprint density at radius 2 is 1.89 bits per heavy atom. The third-order valence-electron chi connectivity index (χ3n) is 2.98. The molecule has 0 saturated heterocycles.